The van der Waals surface area contributed by atoms with Crippen molar-refractivity contribution in [3.05, 3.63) is 58.5 Å². The molecular formula is C29H40FN3O4. The maximum absolute atomic E-state index is 14.1. The van der Waals surface area contributed by atoms with Gasteiger partial charge in [0.1, 0.15) is 17.7 Å². The number of aryl methyl sites for hydroxylation is 2. The third kappa shape index (κ3) is 7.49. The number of hydrogen-bond donors (Lipinski definition) is 2. The SMILES string of the molecule is CC1CCc2ccc(CCCCO[C@@H]3CCN([C@H](C(=O)O)c4cc(F)ccc4COC(C)C)C3)nc2N1. The van der Waals surface area contributed by atoms with Gasteiger partial charge in [0.15, 0.2) is 0 Å². The number of halogens is 1. The van der Waals surface area contributed by atoms with Gasteiger partial charge in [-0.25, -0.2) is 9.37 Å². The average molecular weight is 514 g/mol. The van der Waals surface area contributed by atoms with E-state index in [4.69, 9.17) is 14.5 Å². The Morgan fingerprint density at radius 1 is 1.24 bits per heavy atom. The Bertz CT molecular complexity index is 1060. The second-order valence-electron chi connectivity index (χ2n) is 10.6. The molecule has 2 aliphatic rings. The van der Waals surface area contributed by atoms with Gasteiger partial charge >= 0.3 is 5.97 Å². The van der Waals surface area contributed by atoms with Crippen molar-refractivity contribution in [2.24, 2.45) is 0 Å². The monoisotopic (exact) mass is 513 g/mol. The van der Waals surface area contributed by atoms with E-state index >= 15 is 0 Å². The minimum atomic E-state index is -0.988. The van der Waals surface area contributed by atoms with Gasteiger partial charge in [0.05, 0.1) is 18.8 Å². The number of carboxylic acid groups (broad SMARTS) is 1. The fourth-order valence-electron chi connectivity index (χ4n) is 5.15. The summed E-state index contributed by atoms with van der Waals surface area (Å²) in [5.41, 5.74) is 3.56. The highest BCUT2D eigenvalue weighted by Crippen LogP contribution is 2.30. The fourth-order valence-corrected chi connectivity index (χ4v) is 5.15. The van der Waals surface area contributed by atoms with Crippen LogP contribution in [0.5, 0.6) is 0 Å². The first-order valence-electron chi connectivity index (χ1n) is 13.5. The number of fused-ring (bicyclic) bond motifs is 1. The third-order valence-corrected chi connectivity index (χ3v) is 7.20. The summed E-state index contributed by atoms with van der Waals surface area (Å²) in [6.45, 7) is 8.00. The van der Waals surface area contributed by atoms with Crippen LogP contribution in [0.4, 0.5) is 10.2 Å². The Labute approximate surface area is 219 Å². The lowest BCUT2D eigenvalue weighted by molar-refractivity contribution is -0.143. The minimum Gasteiger partial charge on any atom is -0.480 e. The first-order chi connectivity index (χ1) is 17.8. The lowest BCUT2D eigenvalue weighted by Gasteiger charge is -2.26. The van der Waals surface area contributed by atoms with Crippen LogP contribution >= 0.6 is 0 Å². The van der Waals surface area contributed by atoms with E-state index in [2.05, 4.69) is 24.4 Å². The van der Waals surface area contributed by atoms with E-state index in [9.17, 15) is 14.3 Å². The summed E-state index contributed by atoms with van der Waals surface area (Å²) < 4.78 is 25.9. The summed E-state index contributed by atoms with van der Waals surface area (Å²) in [6.07, 6.45) is 5.76. The molecule has 0 bridgehead atoms. The zero-order valence-electron chi connectivity index (χ0n) is 22.2. The number of carbonyl (C=O) groups is 1. The van der Waals surface area contributed by atoms with Crippen molar-refractivity contribution in [1.82, 2.24) is 9.88 Å². The number of benzene rings is 1. The Balaban J connectivity index is 1.26. The number of likely N-dealkylation sites (tertiary alicyclic amines) is 1. The van der Waals surface area contributed by atoms with Crippen molar-refractivity contribution in [2.45, 2.75) is 90.2 Å². The molecular weight excluding hydrogens is 473 g/mol. The zero-order chi connectivity index (χ0) is 26.4. The predicted molar refractivity (Wildman–Crippen MR) is 141 cm³/mol. The van der Waals surface area contributed by atoms with Crippen molar-refractivity contribution in [3.8, 4) is 0 Å². The number of rotatable bonds is 12. The molecule has 0 radical (unpaired) electrons. The number of pyridine rings is 1. The lowest BCUT2D eigenvalue weighted by Crippen LogP contribution is -2.34. The van der Waals surface area contributed by atoms with E-state index in [1.807, 2.05) is 18.7 Å². The smallest absolute Gasteiger partial charge is 0.325 e. The predicted octanol–water partition coefficient (Wildman–Crippen LogP) is 5.13. The third-order valence-electron chi connectivity index (χ3n) is 7.20. The van der Waals surface area contributed by atoms with Gasteiger partial charge in [-0.3, -0.25) is 9.69 Å². The van der Waals surface area contributed by atoms with Gasteiger partial charge in [-0.1, -0.05) is 12.1 Å². The quantitative estimate of drug-likeness (QED) is 0.381. The molecule has 3 atom stereocenters. The standard InChI is InChI=1S/C29H40FN3O4/c1-19(2)37-18-22-9-11-23(30)16-26(22)27(29(34)35)33-14-13-25(17-33)36-15-5-4-6-24-12-10-21-8-7-20(3)31-28(21)32-24/h9-12,16,19-20,25,27H,4-8,13-15,17-18H2,1-3H3,(H,31,32)(H,34,35)/t20?,25-,27+/m1/s1. The molecule has 8 heteroatoms. The maximum atomic E-state index is 14.1. The highest BCUT2D eigenvalue weighted by molar-refractivity contribution is 5.76. The Morgan fingerprint density at radius 3 is 2.86 bits per heavy atom. The van der Waals surface area contributed by atoms with Crippen LogP contribution in [0.3, 0.4) is 0 Å². The number of hydrogen-bond acceptors (Lipinski definition) is 6. The van der Waals surface area contributed by atoms with Gasteiger partial charge in [0, 0.05) is 31.4 Å². The molecule has 4 rings (SSSR count). The van der Waals surface area contributed by atoms with Gasteiger partial charge in [0.25, 0.3) is 0 Å². The Hall–Kier alpha value is -2.55. The zero-order valence-corrected chi connectivity index (χ0v) is 22.2. The van der Waals surface area contributed by atoms with E-state index in [-0.39, 0.29) is 18.8 Å². The highest BCUT2D eigenvalue weighted by atomic mass is 19.1. The van der Waals surface area contributed by atoms with E-state index in [1.165, 1.54) is 17.7 Å². The molecule has 7 nitrogen and oxygen atoms in total. The van der Waals surface area contributed by atoms with Crippen molar-refractivity contribution in [1.29, 1.82) is 0 Å². The van der Waals surface area contributed by atoms with Gasteiger partial charge in [-0.2, -0.15) is 0 Å². The van der Waals surface area contributed by atoms with Crippen molar-refractivity contribution in [2.75, 3.05) is 25.0 Å². The molecule has 2 aromatic rings. The first-order valence-corrected chi connectivity index (χ1v) is 13.5. The summed E-state index contributed by atoms with van der Waals surface area (Å²) in [7, 11) is 0. The van der Waals surface area contributed by atoms with Crippen LogP contribution in [0, 0.1) is 5.82 Å². The average Bonchev–Trinajstić information content (AvgIpc) is 3.31. The van der Waals surface area contributed by atoms with Gasteiger partial charge in [-0.05, 0) is 94.2 Å². The molecule has 1 aromatic heterocycles. The van der Waals surface area contributed by atoms with Crippen LogP contribution in [0.15, 0.2) is 30.3 Å². The topological polar surface area (TPSA) is 83.9 Å². The van der Waals surface area contributed by atoms with E-state index in [0.717, 1.165) is 50.0 Å². The molecule has 1 unspecified atom stereocenters. The number of ether oxygens (including phenoxy) is 2. The number of aromatic nitrogens is 1. The molecule has 2 aliphatic heterocycles. The fraction of sp³-hybridized carbons (Fsp3) is 0.586. The Morgan fingerprint density at radius 2 is 2.08 bits per heavy atom. The van der Waals surface area contributed by atoms with Crippen LogP contribution in [-0.2, 0) is 33.7 Å². The minimum absolute atomic E-state index is 0.00543. The van der Waals surface area contributed by atoms with E-state index in [0.29, 0.717) is 36.9 Å². The van der Waals surface area contributed by atoms with Crippen LogP contribution in [0.25, 0.3) is 0 Å². The largest absolute Gasteiger partial charge is 0.480 e. The van der Waals surface area contributed by atoms with Crippen molar-refractivity contribution in [3.63, 3.8) is 0 Å². The molecule has 1 aromatic carbocycles. The number of carboxylic acids is 1. The summed E-state index contributed by atoms with van der Waals surface area (Å²) in [6, 6.07) is 8.17. The summed E-state index contributed by atoms with van der Waals surface area (Å²) in [5.74, 6) is -0.400. The first kappa shape index (κ1) is 27.5. The molecule has 0 saturated carbocycles. The van der Waals surface area contributed by atoms with Gasteiger partial charge < -0.3 is 19.9 Å². The summed E-state index contributed by atoms with van der Waals surface area (Å²) in [4.78, 5) is 19.0. The molecule has 1 fully saturated rings. The maximum Gasteiger partial charge on any atom is 0.325 e. The molecule has 1 saturated heterocycles. The normalized spacial score (nSPS) is 20.6. The van der Waals surface area contributed by atoms with E-state index in [1.54, 1.807) is 6.07 Å². The number of nitrogens with zero attached hydrogens (tertiary/aromatic N) is 2. The van der Waals surface area contributed by atoms with Gasteiger partial charge in [0.2, 0.25) is 0 Å². The number of anilines is 1. The lowest BCUT2D eigenvalue weighted by atomic mass is 9.99. The number of unbranched alkanes of at least 4 members (excludes halogenated alkanes) is 1. The van der Waals surface area contributed by atoms with Crippen LogP contribution in [-0.4, -0.2) is 58.9 Å². The van der Waals surface area contributed by atoms with Crippen LogP contribution < -0.4 is 5.32 Å². The van der Waals surface area contributed by atoms with Crippen molar-refractivity contribution >= 4 is 11.8 Å². The molecule has 2 N–H and O–H groups in total. The molecule has 0 amide bonds. The van der Waals surface area contributed by atoms with Crippen LogP contribution in [0.2, 0.25) is 0 Å². The van der Waals surface area contributed by atoms with Crippen LogP contribution in [0.1, 0.15) is 74.9 Å². The summed E-state index contributed by atoms with van der Waals surface area (Å²) in [5, 5.41) is 13.5. The second kappa shape index (κ2) is 12.8. The Kier molecular flexibility index (Phi) is 9.51. The second-order valence-corrected chi connectivity index (χ2v) is 10.6. The highest BCUT2D eigenvalue weighted by Gasteiger charge is 2.35. The van der Waals surface area contributed by atoms with E-state index < -0.39 is 17.8 Å². The van der Waals surface area contributed by atoms with Crippen molar-refractivity contribution < 1.29 is 23.8 Å². The van der Waals surface area contributed by atoms with Gasteiger partial charge in [-0.15, -0.1) is 0 Å². The molecule has 3 heterocycles. The molecule has 202 valence electrons. The molecule has 0 spiro atoms. The number of aliphatic carboxylic acids is 1. The molecule has 37 heavy (non-hydrogen) atoms. The molecule has 0 aliphatic carbocycles. The summed E-state index contributed by atoms with van der Waals surface area (Å²) >= 11 is 0. The number of nitrogens with one attached hydrogen (secondary N) is 1.